The predicted molar refractivity (Wildman–Crippen MR) is 147 cm³/mol. The lowest BCUT2D eigenvalue weighted by Gasteiger charge is -2.43. The van der Waals surface area contributed by atoms with Crippen molar-refractivity contribution in [2.75, 3.05) is 30.8 Å². The van der Waals surface area contributed by atoms with Crippen LogP contribution in [0.1, 0.15) is 44.7 Å². The summed E-state index contributed by atoms with van der Waals surface area (Å²) in [4.78, 5) is 54.6. The second-order valence-corrected chi connectivity index (χ2v) is 9.98. The second-order valence-electron chi connectivity index (χ2n) is 9.98. The standard InChI is InChI=1S/C29H38N4O5/c1-6-24(28(36)38-5)33-16-15-32(25(27(33)35)17-19(2)3)26(34)18-21-11-13-22(14-12-21)30-29(37)31-23-10-8-7-9-20(23)4/h7-14,19,24-25H,6,15-18H2,1-5H3,(H2,30,31,37). The third kappa shape index (κ3) is 7.12. The SMILES string of the molecule is CCC(C(=O)OC)N1CCN(C(=O)Cc2ccc(NC(=O)Nc3ccccc3C)cc2)C(CC(C)C)C1=O. The van der Waals surface area contributed by atoms with Gasteiger partial charge in [0.25, 0.3) is 0 Å². The molecule has 204 valence electrons. The predicted octanol–water partition coefficient (Wildman–Crippen LogP) is 4.22. The number of nitrogens with zero attached hydrogens (tertiary/aromatic N) is 2. The van der Waals surface area contributed by atoms with Crippen molar-refractivity contribution in [2.45, 2.75) is 59.0 Å². The van der Waals surface area contributed by atoms with Crippen LogP contribution < -0.4 is 10.6 Å². The second kappa shape index (κ2) is 13.1. The summed E-state index contributed by atoms with van der Waals surface area (Å²) in [6, 6.07) is 13.0. The lowest BCUT2D eigenvalue weighted by molar-refractivity contribution is -0.161. The zero-order chi connectivity index (χ0) is 27.8. The van der Waals surface area contributed by atoms with E-state index in [1.807, 2.05) is 52.0 Å². The third-order valence-electron chi connectivity index (χ3n) is 6.74. The summed E-state index contributed by atoms with van der Waals surface area (Å²) in [6.07, 6.45) is 1.09. The van der Waals surface area contributed by atoms with Gasteiger partial charge in [0.1, 0.15) is 12.1 Å². The van der Waals surface area contributed by atoms with E-state index >= 15 is 0 Å². The van der Waals surface area contributed by atoms with Crippen molar-refractivity contribution >= 4 is 35.2 Å². The smallest absolute Gasteiger partial charge is 0.328 e. The fourth-order valence-electron chi connectivity index (χ4n) is 4.72. The largest absolute Gasteiger partial charge is 0.467 e. The molecule has 1 heterocycles. The van der Waals surface area contributed by atoms with Gasteiger partial charge in [-0.3, -0.25) is 9.59 Å². The van der Waals surface area contributed by atoms with Crippen molar-refractivity contribution in [1.82, 2.24) is 9.80 Å². The Hall–Kier alpha value is -3.88. The molecular weight excluding hydrogens is 484 g/mol. The molecule has 1 aliphatic rings. The third-order valence-corrected chi connectivity index (χ3v) is 6.74. The minimum absolute atomic E-state index is 0.131. The summed E-state index contributed by atoms with van der Waals surface area (Å²) in [5.74, 6) is -0.610. The first-order chi connectivity index (χ1) is 18.1. The van der Waals surface area contributed by atoms with Crippen LogP contribution in [0.4, 0.5) is 16.2 Å². The number of methoxy groups -OCH3 is 1. The quantitative estimate of drug-likeness (QED) is 0.480. The molecule has 38 heavy (non-hydrogen) atoms. The highest BCUT2D eigenvalue weighted by atomic mass is 16.5. The minimum Gasteiger partial charge on any atom is -0.467 e. The lowest BCUT2D eigenvalue weighted by Crippen LogP contribution is -2.62. The van der Waals surface area contributed by atoms with E-state index in [1.54, 1.807) is 34.1 Å². The molecule has 1 fully saturated rings. The lowest BCUT2D eigenvalue weighted by atomic mass is 9.97. The van der Waals surface area contributed by atoms with Gasteiger partial charge in [-0.1, -0.05) is 51.1 Å². The number of anilines is 2. The highest BCUT2D eigenvalue weighted by molar-refractivity contribution is 6.00. The molecular formula is C29H38N4O5. The summed E-state index contributed by atoms with van der Waals surface area (Å²) in [7, 11) is 1.32. The van der Waals surface area contributed by atoms with E-state index in [0.29, 0.717) is 25.1 Å². The van der Waals surface area contributed by atoms with Gasteiger partial charge in [0.05, 0.1) is 13.5 Å². The van der Waals surface area contributed by atoms with Gasteiger partial charge in [0.15, 0.2) is 0 Å². The van der Waals surface area contributed by atoms with Crippen molar-refractivity contribution < 1.29 is 23.9 Å². The first-order valence-corrected chi connectivity index (χ1v) is 13.0. The van der Waals surface area contributed by atoms with Crippen LogP contribution in [0, 0.1) is 12.8 Å². The first kappa shape index (κ1) is 28.7. The number of para-hydroxylation sites is 1. The number of urea groups is 1. The number of piperazine rings is 1. The van der Waals surface area contributed by atoms with Crippen molar-refractivity contribution in [2.24, 2.45) is 5.92 Å². The van der Waals surface area contributed by atoms with Gasteiger partial charge in [0, 0.05) is 24.5 Å². The number of amides is 4. The van der Waals surface area contributed by atoms with E-state index in [2.05, 4.69) is 10.6 Å². The van der Waals surface area contributed by atoms with Gasteiger partial charge < -0.3 is 25.2 Å². The van der Waals surface area contributed by atoms with Crippen molar-refractivity contribution in [1.29, 1.82) is 0 Å². The molecule has 1 saturated heterocycles. The molecule has 3 rings (SSSR count). The van der Waals surface area contributed by atoms with Crippen molar-refractivity contribution in [3.05, 3.63) is 59.7 Å². The maximum absolute atomic E-state index is 13.4. The number of carbonyl (C=O) groups is 4. The highest BCUT2D eigenvalue weighted by Crippen LogP contribution is 2.23. The van der Waals surface area contributed by atoms with Gasteiger partial charge in [-0.2, -0.15) is 0 Å². The number of aryl methyl sites for hydroxylation is 1. The fraction of sp³-hybridized carbons (Fsp3) is 0.448. The van der Waals surface area contributed by atoms with Crippen LogP contribution in [0.25, 0.3) is 0 Å². The Labute approximate surface area is 224 Å². The van der Waals surface area contributed by atoms with Crippen LogP contribution >= 0.6 is 0 Å². The molecule has 0 saturated carbocycles. The van der Waals surface area contributed by atoms with E-state index in [0.717, 1.165) is 16.8 Å². The molecule has 4 amide bonds. The molecule has 9 nitrogen and oxygen atoms in total. The number of nitrogens with one attached hydrogen (secondary N) is 2. The summed E-state index contributed by atoms with van der Waals surface area (Å²) in [5, 5.41) is 5.62. The first-order valence-electron chi connectivity index (χ1n) is 13.0. The van der Waals surface area contributed by atoms with E-state index < -0.39 is 18.1 Å². The Morgan fingerprint density at radius 2 is 1.71 bits per heavy atom. The monoisotopic (exact) mass is 522 g/mol. The number of esters is 1. The Morgan fingerprint density at radius 1 is 1.03 bits per heavy atom. The van der Waals surface area contributed by atoms with E-state index in [9.17, 15) is 19.2 Å². The Balaban J connectivity index is 1.65. The zero-order valence-electron chi connectivity index (χ0n) is 22.8. The van der Waals surface area contributed by atoms with Gasteiger partial charge in [-0.25, -0.2) is 9.59 Å². The molecule has 1 aliphatic heterocycles. The van der Waals surface area contributed by atoms with Gasteiger partial charge >= 0.3 is 12.0 Å². The van der Waals surface area contributed by atoms with E-state index in [4.69, 9.17) is 4.74 Å². The molecule has 0 aromatic heterocycles. The van der Waals surface area contributed by atoms with Gasteiger partial charge in [0.2, 0.25) is 11.8 Å². The molecule has 0 spiro atoms. The summed E-state index contributed by atoms with van der Waals surface area (Å²) in [6.45, 7) is 8.41. The molecule has 9 heteroatoms. The number of benzene rings is 2. The number of carbonyl (C=O) groups excluding carboxylic acids is 4. The number of rotatable bonds is 9. The highest BCUT2D eigenvalue weighted by Gasteiger charge is 2.41. The van der Waals surface area contributed by atoms with Crippen molar-refractivity contribution in [3.8, 4) is 0 Å². The normalized spacial score (nSPS) is 16.3. The molecule has 2 N–H and O–H groups in total. The minimum atomic E-state index is -0.650. The maximum atomic E-state index is 13.4. The Kier molecular flexibility index (Phi) is 9.87. The summed E-state index contributed by atoms with van der Waals surface area (Å²) >= 11 is 0. The molecule has 2 atom stereocenters. The maximum Gasteiger partial charge on any atom is 0.328 e. The summed E-state index contributed by atoms with van der Waals surface area (Å²) in [5.41, 5.74) is 3.07. The van der Waals surface area contributed by atoms with E-state index in [1.165, 1.54) is 7.11 Å². The van der Waals surface area contributed by atoms with Gasteiger partial charge in [-0.15, -0.1) is 0 Å². The molecule has 2 unspecified atom stereocenters. The van der Waals surface area contributed by atoms with Crippen LogP contribution in [0.2, 0.25) is 0 Å². The topological polar surface area (TPSA) is 108 Å². The van der Waals surface area contributed by atoms with Crippen LogP contribution in [0.5, 0.6) is 0 Å². The molecule has 0 bridgehead atoms. The number of ether oxygens (including phenoxy) is 1. The zero-order valence-corrected chi connectivity index (χ0v) is 22.8. The number of hydrogen-bond donors (Lipinski definition) is 2. The molecule has 2 aromatic carbocycles. The Bertz CT molecular complexity index is 1150. The van der Waals surface area contributed by atoms with Crippen LogP contribution in [0.3, 0.4) is 0 Å². The van der Waals surface area contributed by atoms with Crippen molar-refractivity contribution in [3.63, 3.8) is 0 Å². The average Bonchev–Trinajstić information content (AvgIpc) is 2.88. The van der Waals surface area contributed by atoms with E-state index in [-0.39, 0.29) is 36.7 Å². The average molecular weight is 523 g/mol. The van der Waals surface area contributed by atoms with Crippen LogP contribution in [0.15, 0.2) is 48.5 Å². The van der Waals surface area contributed by atoms with Crippen LogP contribution in [-0.4, -0.2) is 65.9 Å². The fourth-order valence-corrected chi connectivity index (χ4v) is 4.72. The molecule has 0 radical (unpaired) electrons. The molecule has 2 aromatic rings. The Morgan fingerprint density at radius 3 is 2.32 bits per heavy atom. The molecule has 0 aliphatic carbocycles. The van der Waals surface area contributed by atoms with Gasteiger partial charge in [-0.05, 0) is 55.0 Å². The van der Waals surface area contributed by atoms with Crippen LogP contribution in [-0.2, 0) is 25.5 Å². The number of hydrogen-bond acceptors (Lipinski definition) is 5. The summed E-state index contributed by atoms with van der Waals surface area (Å²) < 4.78 is 4.90.